The third-order valence-electron chi connectivity index (χ3n) is 7.88. The molecule has 3 heterocycles. The minimum Gasteiger partial charge on any atom is -0.492 e. The van der Waals surface area contributed by atoms with Gasteiger partial charge < -0.3 is 29.3 Å². The molecule has 2 fully saturated rings. The number of amides is 3. The zero-order valence-corrected chi connectivity index (χ0v) is 27.3. The molecule has 2 saturated heterocycles. The van der Waals surface area contributed by atoms with Crippen molar-refractivity contribution in [2.24, 2.45) is 5.92 Å². The number of hydrogen-bond acceptors (Lipinski definition) is 8. The van der Waals surface area contributed by atoms with Crippen molar-refractivity contribution in [3.63, 3.8) is 0 Å². The molecular weight excluding hydrogens is 593 g/mol. The quantitative estimate of drug-likeness (QED) is 0.383. The number of pyridine rings is 1. The number of halogens is 1. The first-order valence-corrected chi connectivity index (χ1v) is 15.9. The third-order valence-corrected chi connectivity index (χ3v) is 7.88. The van der Waals surface area contributed by atoms with Crippen LogP contribution in [0.4, 0.5) is 14.0 Å². The third kappa shape index (κ3) is 9.55. The van der Waals surface area contributed by atoms with Crippen LogP contribution in [0.5, 0.6) is 5.75 Å². The fraction of sp³-hybridized carbons (Fsp3) is 0.559. The normalized spacial score (nSPS) is 17.7. The number of nitriles is 1. The Morgan fingerprint density at radius 2 is 1.85 bits per heavy atom. The number of aromatic nitrogens is 1. The van der Waals surface area contributed by atoms with Crippen molar-refractivity contribution in [1.82, 2.24) is 20.1 Å². The van der Waals surface area contributed by atoms with Crippen molar-refractivity contribution in [1.29, 1.82) is 5.26 Å². The maximum Gasteiger partial charge on any atom is 0.410 e. The number of alkyl carbamates (subject to hydrolysis) is 1. The molecular formula is C34H44FN5O6. The average molecular weight is 638 g/mol. The van der Waals surface area contributed by atoms with E-state index in [1.54, 1.807) is 56.1 Å². The first kappa shape index (κ1) is 34.5. The zero-order chi connectivity index (χ0) is 33.4. The summed E-state index contributed by atoms with van der Waals surface area (Å²) in [5.41, 5.74) is 0.529. The molecule has 248 valence electrons. The highest BCUT2D eigenvalue weighted by Crippen LogP contribution is 2.25. The zero-order valence-electron chi connectivity index (χ0n) is 27.3. The Balaban J connectivity index is 1.37. The summed E-state index contributed by atoms with van der Waals surface area (Å²) in [4.78, 5) is 45.7. The molecule has 0 spiro atoms. The van der Waals surface area contributed by atoms with Crippen molar-refractivity contribution in [2.45, 2.75) is 90.5 Å². The number of nitrogens with zero attached hydrogens (tertiary/aromatic N) is 4. The van der Waals surface area contributed by atoms with Crippen LogP contribution in [0.25, 0.3) is 11.3 Å². The lowest BCUT2D eigenvalue weighted by molar-refractivity contribution is -0.133. The molecule has 0 unspecified atom stereocenters. The van der Waals surface area contributed by atoms with E-state index in [0.717, 1.165) is 12.8 Å². The van der Waals surface area contributed by atoms with Crippen molar-refractivity contribution in [3.8, 4) is 23.1 Å². The summed E-state index contributed by atoms with van der Waals surface area (Å²) in [6.45, 7) is 10.9. The van der Waals surface area contributed by atoms with Gasteiger partial charge in [0.25, 0.3) is 0 Å². The molecule has 0 saturated carbocycles. The maximum absolute atomic E-state index is 15.4. The SMILES string of the molecule is CC(C)OC(=O)N1CCC(COc2ccc(-c3ccc(C[C@H](NC(=O)OC(C)(C)C)C(=O)N4CCC[C@H]4C#N)c(F)c3)nc2)CC1. The molecule has 3 amide bonds. The second kappa shape index (κ2) is 15.3. The summed E-state index contributed by atoms with van der Waals surface area (Å²) in [5, 5.41) is 12.1. The number of ether oxygens (including phenoxy) is 3. The lowest BCUT2D eigenvalue weighted by Crippen LogP contribution is -2.51. The van der Waals surface area contributed by atoms with Gasteiger partial charge in [-0.05, 0) is 90.0 Å². The van der Waals surface area contributed by atoms with Crippen molar-refractivity contribution >= 4 is 18.1 Å². The standard InChI is InChI=1S/C34H44FN5O6/c1-22(2)45-33(43)39-15-12-23(13-16-39)21-44-27-10-11-29(37-20-27)25-9-8-24(28(35)17-25)18-30(38-32(42)46-34(3,4)5)31(41)40-14-6-7-26(40)19-36/h8-11,17,20,22-23,26,30H,6-7,12-16,18,21H2,1-5H3,(H,38,42)/t26-,30-/m0/s1. The van der Waals surface area contributed by atoms with E-state index < -0.39 is 35.5 Å². The minimum absolute atomic E-state index is 0.114. The Morgan fingerprint density at radius 3 is 2.46 bits per heavy atom. The average Bonchev–Trinajstić information content (AvgIpc) is 3.48. The monoisotopic (exact) mass is 637 g/mol. The number of carbonyl (C=O) groups excluding carboxylic acids is 3. The van der Waals surface area contributed by atoms with Gasteiger partial charge >= 0.3 is 12.2 Å². The number of hydrogen-bond donors (Lipinski definition) is 1. The van der Waals surface area contributed by atoms with E-state index in [2.05, 4.69) is 16.4 Å². The van der Waals surface area contributed by atoms with Crippen LogP contribution in [0.2, 0.25) is 0 Å². The van der Waals surface area contributed by atoms with Gasteiger partial charge in [0.15, 0.2) is 0 Å². The van der Waals surface area contributed by atoms with Crippen LogP contribution in [0.3, 0.4) is 0 Å². The van der Waals surface area contributed by atoms with Gasteiger partial charge in [-0.2, -0.15) is 5.26 Å². The summed E-state index contributed by atoms with van der Waals surface area (Å²) in [5.74, 6) is -0.101. The van der Waals surface area contributed by atoms with Gasteiger partial charge in [0.1, 0.15) is 29.3 Å². The number of benzene rings is 1. The number of rotatable bonds is 9. The second-order valence-corrected chi connectivity index (χ2v) is 13.1. The minimum atomic E-state index is -1.11. The van der Waals surface area contributed by atoms with E-state index in [9.17, 15) is 19.6 Å². The fourth-order valence-corrected chi connectivity index (χ4v) is 5.52. The van der Waals surface area contributed by atoms with E-state index in [1.165, 1.54) is 11.0 Å². The highest BCUT2D eigenvalue weighted by atomic mass is 19.1. The van der Waals surface area contributed by atoms with Gasteiger partial charge in [0, 0.05) is 31.6 Å². The van der Waals surface area contributed by atoms with Gasteiger partial charge in [0.05, 0.1) is 30.7 Å². The number of piperidine rings is 1. The second-order valence-electron chi connectivity index (χ2n) is 13.1. The summed E-state index contributed by atoms with van der Waals surface area (Å²) in [7, 11) is 0. The van der Waals surface area contributed by atoms with E-state index >= 15 is 4.39 Å². The van der Waals surface area contributed by atoms with E-state index in [0.29, 0.717) is 62.0 Å². The Labute approximate surface area is 270 Å². The van der Waals surface area contributed by atoms with Crippen LogP contribution < -0.4 is 10.1 Å². The molecule has 11 nitrogen and oxygen atoms in total. The van der Waals surface area contributed by atoms with Gasteiger partial charge in [-0.15, -0.1) is 0 Å². The van der Waals surface area contributed by atoms with Crippen LogP contribution >= 0.6 is 0 Å². The lowest BCUT2D eigenvalue weighted by Gasteiger charge is -2.31. The topological polar surface area (TPSA) is 134 Å². The summed E-state index contributed by atoms with van der Waals surface area (Å²) >= 11 is 0. The molecule has 1 aromatic heterocycles. The first-order valence-electron chi connectivity index (χ1n) is 15.9. The molecule has 0 aliphatic carbocycles. The van der Waals surface area contributed by atoms with Gasteiger partial charge in [-0.25, -0.2) is 14.0 Å². The summed E-state index contributed by atoms with van der Waals surface area (Å²) < 4.78 is 32.0. The molecule has 0 radical (unpaired) electrons. The smallest absolute Gasteiger partial charge is 0.410 e. The summed E-state index contributed by atoms with van der Waals surface area (Å²) in [6, 6.07) is 8.60. The molecule has 1 N–H and O–H groups in total. The molecule has 0 bridgehead atoms. The predicted molar refractivity (Wildman–Crippen MR) is 168 cm³/mol. The first-order chi connectivity index (χ1) is 21.8. The van der Waals surface area contributed by atoms with Crippen molar-refractivity contribution in [3.05, 3.63) is 47.9 Å². The van der Waals surface area contributed by atoms with E-state index in [4.69, 9.17) is 14.2 Å². The Hall–Kier alpha value is -4.40. The largest absolute Gasteiger partial charge is 0.492 e. The molecule has 2 aliphatic heterocycles. The van der Waals surface area contributed by atoms with Crippen molar-refractivity contribution < 1.29 is 33.0 Å². The van der Waals surface area contributed by atoms with Gasteiger partial charge in [0.2, 0.25) is 5.91 Å². The number of likely N-dealkylation sites (tertiary alicyclic amines) is 2. The van der Waals surface area contributed by atoms with E-state index in [-0.39, 0.29) is 24.2 Å². The molecule has 2 aromatic rings. The van der Waals surface area contributed by atoms with E-state index in [1.807, 2.05) is 13.8 Å². The van der Waals surface area contributed by atoms with Crippen LogP contribution in [-0.2, 0) is 20.7 Å². The van der Waals surface area contributed by atoms with Crippen LogP contribution in [0, 0.1) is 23.1 Å². The van der Waals surface area contributed by atoms with Crippen LogP contribution in [-0.4, -0.2) is 82.9 Å². The molecule has 12 heteroatoms. The maximum atomic E-state index is 15.4. The van der Waals surface area contributed by atoms with Gasteiger partial charge in [-0.1, -0.05) is 12.1 Å². The van der Waals surface area contributed by atoms with Gasteiger partial charge in [-0.3, -0.25) is 9.78 Å². The van der Waals surface area contributed by atoms with Crippen molar-refractivity contribution in [2.75, 3.05) is 26.2 Å². The fourth-order valence-electron chi connectivity index (χ4n) is 5.52. The number of nitrogens with one attached hydrogen (secondary N) is 1. The van der Waals surface area contributed by atoms with Crippen LogP contribution in [0.15, 0.2) is 36.5 Å². The molecule has 2 atom stereocenters. The Morgan fingerprint density at radius 1 is 1.11 bits per heavy atom. The highest BCUT2D eigenvalue weighted by molar-refractivity contribution is 5.86. The Kier molecular flexibility index (Phi) is 11.4. The number of carbonyl (C=O) groups is 3. The highest BCUT2D eigenvalue weighted by Gasteiger charge is 2.35. The summed E-state index contributed by atoms with van der Waals surface area (Å²) in [6.07, 6.45) is 3.14. The predicted octanol–water partition coefficient (Wildman–Crippen LogP) is 5.47. The molecule has 1 aromatic carbocycles. The molecule has 46 heavy (non-hydrogen) atoms. The Bertz CT molecular complexity index is 1410. The van der Waals surface area contributed by atoms with Crippen LogP contribution in [0.1, 0.15) is 65.9 Å². The molecule has 4 rings (SSSR count). The molecule has 2 aliphatic rings. The lowest BCUT2D eigenvalue weighted by atomic mass is 9.98.